The van der Waals surface area contributed by atoms with Gasteiger partial charge in [0.05, 0.1) is 13.1 Å². The van der Waals surface area contributed by atoms with Gasteiger partial charge in [-0.1, -0.05) is 16.5 Å². The van der Waals surface area contributed by atoms with Gasteiger partial charge in [-0.25, -0.2) is 0 Å². The summed E-state index contributed by atoms with van der Waals surface area (Å²) in [6, 6.07) is 4.61. The first-order chi connectivity index (χ1) is 9.69. The van der Waals surface area contributed by atoms with Crippen molar-refractivity contribution in [1.29, 1.82) is 0 Å². The summed E-state index contributed by atoms with van der Waals surface area (Å²) in [5.74, 6) is 9.28. The summed E-state index contributed by atoms with van der Waals surface area (Å²) >= 11 is 0. The third-order valence-corrected chi connectivity index (χ3v) is 2.21. The molecular formula is C11H17FN6O2. The average Bonchev–Trinajstić information content (AvgIpc) is 2.45. The van der Waals surface area contributed by atoms with Crippen molar-refractivity contribution in [2.75, 3.05) is 19.7 Å². The van der Waals surface area contributed by atoms with Crippen LogP contribution in [0.4, 0.5) is 4.39 Å². The Bertz CT molecular complexity index is 468. The molecule has 0 aliphatic carbocycles. The minimum absolute atomic E-state index is 0.0716. The van der Waals surface area contributed by atoms with Crippen molar-refractivity contribution in [3.63, 3.8) is 0 Å². The number of rotatable bonds is 8. The highest BCUT2D eigenvalue weighted by Crippen LogP contribution is 2.27. The zero-order chi connectivity index (χ0) is 14.8. The van der Waals surface area contributed by atoms with E-state index < -0.39 is 5.82 Å². The minimum atomic E-state index is -0.589. The Morgan fingerprint density at radius 2 is 1.90 bits per heavy atom. The molecule has 0 saturated heterocycles. The number of benzene rings is 1. The van der Waals surface area contributed by atoms with E-state index in [-0.39, 0.29) is 37.3 Å². The highest BCUT2D eigenvalue weighted by Gasteiger charge is 2.13. The first kappa shape index (κ1) is 15.6. The monoisotopic (exact) mass is 284 g/mol. The lowest BCUT2D eigenvalue weighted by Crippen LogP contribution is -2.16. The van der Waals surface area contributed by atoms with Gasteiger partial charge in [0.1, 0.15) is 12.7 Å². The lowest BCUT2D eigenvalue weighted by molar-refractivity contribution is 0.213. The molecule has 0 bridgehead atoms. The number of ether oxygens (including phenoxy) is 2. The fourth-order valence-electron chi connectivity index (χ4n) is 1.36. The zero-order valence-electron chi connectivity index (χ0n) is 11.1. The van der Waals surface area contributed by atoms with E-state index in [4.69, 9.17) is 21.2 Å². The van der Waals surface area contributed by atoms with E-state index in [1.807, 2.05) is 0 Å². The Morgan fingerprint density at radius 1 is 1.20 bits per heavy atom. The van der Waals surface area contributed by atoms with E-state index in [0.29, 0.717) is 0 Å². The first-order valence-electron chi connectivity index (χ1n) is 5.90. The van der Waals surface area contributed by atoms with E-state index in [9.17, 15) is 4.39 Å². The molecule has 0 spiro atoms. The molecule has 4 N–H and O–H groups in total. The molecule has 1 rings (SSSR count). The standard InChI is InChI=1S/C11H17FN6O2/c1-8(7-16-18-14)20-10-4-2-3-9(11(10)12)19-6-5-15-17-13/h2-4,8H,5-7H2,1H3,(H2,13,15)(H2,14,16)/t8-/m0/s1. The predicted molar refractivity (Wildman–Crippen MR) is 69.8 cm³/mol. The third-order valence-electron chi connectivity index (χ3n) is 2.21. The van der Waals surface area contributed by atoms with Crippen LogP contribution < -0.4 is 21.2 Å². The van der Waals surface area contributed by atoms with Crippen molar-refractivity contribution in [2.45, 2.75) is 13.0 Å². The number of hydrogen-bond donors (Lipinski definition) is 2. The summed E-state index contributed by atoms with van der Waals surface area (Å²) in [4.78, 5) is 0. The first-order valence-corrected chi connectivity index (χ1v) is 5.90. The van der Waals surface area contributed by atoms with E-state index in [1.165, 1.54) is 12.1 Å². The van der Waals surface area contributed by atoms with Crippen LogP contribution in [0.1, 0.15) is 6.92 Å². The second kappa shape index (κ2) is 8.62. The van der Waals surface area contributed by atoms with Crippen LogP contribution >= 0.6 is 0 Å². The molecule has 0 aromatic heterocycles. The van der Waals surface area contributed by atoms with Gasteiger partial charge in [-0.15, -0.1) is 0 Å². The van der Waals surface area contributed by atoms with Gasteiger partial charge < -0.3 is 21.2 Å². The Balaban J connectivity index is 2.64. The van der Waals surface area contributed by atoms with Crippen LogP contribution in [0.5, 0.6) is 11.5 Å². The highest BCUT2D eigenvalue weighted by atomic mass is 19.1. The van der Waals surface area contributed by atoms with Crippen molar-refractivity contribution in [3.8, 4) is 11.5 Å². The van der Waals surface area contributed by atoms with E-state index in [0.717, 1.165) is 0 Å². The van der Waals surface area contributed by atoms with Gasteiger partial charge in [0, 0.05) is 0 Å². The summed E-state index contributed by atoms with van der Waals surface area (Å²) in [7, 11) is 0. The molecular weight excluding hydrogens is 267 g/mol. The normalized spacial score (nSPS) is 12.9. The van der Waals surface area contributed by atoms with Crippen molar-refractivity contribution in [2.24, 2.45) is 32.4 Å². The molecule has 0 aliphatic rings. The minimum Gasteiger partial charge on any atom is -0.488 e. The number of halogens is 1. The van der Waals surface area contributed by atoms with Crippen LogP contribution in [0.3, 0.4) is 0 Å². The molecule has 0 aliphatic heterocycles. The van der Waals surface area contributed by atoms with Crippen LogP contribution in [-0.2, 0) is 0 Å². The molecule has 1 atom stereocenters. The van der Waals surface area contributed by atoms with Crippen LogP contribution in [0.25, 0.3) is 0 Å². The Labute approximate surface area is 115 Å². The molecule has 0 radical (unpaired) electrons. The van der Waals surface area contributed by atoms with Crippen molar-refractivity contribution < 1.29 is 13.9 Å². The quantitative estimate of drug-likeness (QED) is 0.326. The van der Waals surface area contributed by atoms with E-state index >= 15 is 0 Å². The molecule has 110 valence electrons. The van der Waals surface area contributed by atoms with Crippen molar-refractivity contribution in [1.82, 2.24) is 0 Å². The fourth-order valence-corrected chi connectivity index (χ4v) is 1.36. The molecule has 1 aromatic rings. The Hall–Kier alpha value is -2.45. The molecule has 0 amide bonds. The summed E-state index contributed by atoms with van der Waals surface area (Å²) in [6.45, 7) is 2.37. The second-order valence-corrected chi connectivity index (χ2v) is 3.77. The number of nitrogens with two attached hydrogens (primary N) is 2. The molecule has 20 heavy (non-hydrogen) atoms. The van der Waals surface area contributed by atoms with E-state index in [1.54, 1.807) is 13.0 Å². The maximum absolute atomic E-state index is 14.1. The summed E-state index contributed by atoms with van der Waals surface area (Å²) in [6.07, 6.45) is -0.363. The Kier molecular flexibility index (Phi) is 6.72. The predicted octanol–water partition coefficient (Wildman–Crippen LogP) is 1.62. The van der Waals surface area contributed by atoms with Gasteiger partial charge in [-0.05, 0) is 19.1 Å². The maximum atomic E-state index is 14.1. The Morgan fingerprint density at radius 3 is 2.60 bits per heavy atom. The number of hydrogen-bond acceptors (Lipinski definition) is 6. The SMILES string of the molecule is C[C@@H](CN=NN)Oc1cccc(OCCN=NN)c1F. The van der Waals surface area contributed by atoms with Crippen molar-refractivity contribution in [3.05, 3.63) is 24.0 Å². The zero-order valence-corrected chi connectivity index (χ0v) is 11.1. The average molecular weight is 284 g/mol. The van der Waals surface area contributed by atoms with Crippen LogP contribution in [0.2, 0.25) is 0 Å². The summed E-state index contributed by atoms with van der Waals surface area (Å²) in [5, 5.41) is 13.3. The van der Waals surface area contributed by atoms with Gasteiger partial charge in [0.2, 0.25) is 5.82 Å². The third kappa shape index (κ3) is 5.04. The lowest BCUT2D eigenvalue weighted by Gasteiger charge is -2.14. The maximum Gasteiger partial charge on any atom is 0.206 e. The molecule has 8 nitrogen and oxygen atoms in total. The van der Waals surface area contributed by atoms with Crippen LogP contribution in [0, 0.1) is 5.82 Å². The van der Waals surface area contributed by atoms with Gasteiger partial charge in [-0.3, -0.25) is 0 Å². The van der Waals surface area contributed by atoms with E-state index in [2.05, 4.69) is 20.7 Å². The fraction of sp³-hybridized carbons (Fsp3) is 0.455. The smallest absolute Gasteiger partial charge is 0.206 e. The highest BCUT2D eigenvalue weighted by molar-refractivity contribution is 5.35. The molecule has 0 saturated carbocycles. The molecule has 0 fully saturated rings. The molecule has 9 heteroatoms. The number of nitrogens with zero attached hydrogens (tertiary/aromatic N) is 4. The van der Waals surface area contributed by atoms with Gasteiger partial charge in [-0.2, -0.15) is 14.6 Å². The van der Waals surface area contributed by atoms with Gasteiger partial charge >= 0.3 is 0 Å². The largest absolute Gasteiger partial charge is 0.488 e. The molecule has 1 aromatic carbocycles. The van der Waals surface area contributed by atoms with Gasteiger partial charge in [0.15, 0.2) is 11.5 Å². The van der Waals surface area contributed by atoms with Crippen molar-refractivity contribution >= 4 is 0 Å². The van der Waals surface area contributed by atoms with Crippen LogP contribution in [-0.4, -0.2) is 25.8 Å². The summed E-state index contributed by atoms with van der Waals surface area (Å²) < 4.78 is 24.7. The topological polar surface area (TPSA) is 120 Å². The molecule has 0 heterocycles. The van der Waals surface area contributed by atoms with Gasteiger partial charge in [0.25, 0.3) is 0 Å². The van der Waals surface area contributed by atoms with Crippen LogP contribution in [0.15, 0.2) is 38.9 Å². The second-order valence-electron chi connectivity index (χ2n) is 3.77. The summed E-state index contributed by atoms with van der Waals surface area (Å²) in [5.41, 5.74) is 0. The lowest BCUT2D eigenvalue weighted by atomic mass is 10.3. The molecule has 0 unspecified atom stereocenters.